The van der Waals surface area contributed by atoms with Gasteiger partial charge in [0.1, 0.15) is 0 Å². The van der Waals surface area contributed by atoms with Crippen LogP contribution >= 0.6 is 0 Å². The molecule has 0 unspecified atom stereocenters. The number of rotatable bonds is 5. The molecule has 0 spiro atoms. The molecule has 0 saturated carbocycles. The minimum atomic E-state index is -0.0675. The normalized spacial score (nSPS) is 9.27. The molecule has 1 rings (SSSR count). The van der Waals surface area contributed by atoms with Crippen LogP contribution < -0.4 is 10.6 Å². The SMILES string of the molecule is C#CCNCC(=O)NCc1ccncc1. The maximum absolute atomic E-state index is 11.2. The lowest BCUT2D eigenvalue weighted by molar-refractivity contribution is -0.120. The van der Waals surface area contributed by atoms with Gasteiger partial charge in [-0.2, -0.15) is 0 Å². The van der Waals surface area contributed by atoms with E-state index in [4.69, 9.17) is 6.42 Å². The number of carbonyl (C=O) groups excluding carboxylic acids is 1. The summed E-state index contributed by atoms with van der Waals surface area (Å²) in [6.45, 7) is 1.16. The Labute approximate surface area is 89.1 Å². The lowest BCUT2D eigenvalue weighted by Gasteiger charge is -2.04. The number of aromatic nitrogens is 1. The van der Waals surface area contributed by atoms with E-state index in [1.54, 1.807) is 12.4 Å². The van der Waals surface area contributed by atoms with Gasteiger partial charge in [0, 0.05) is 18.9 Å². The van der Waals surface area contributed by atoms with Crippen LogP contribution in [-0.2, 0) is 11.3 Å². The van der Waals surface area contributed by atoms with Crippen LogP contribution in [-0.4, -0.2) is 24.0 Å². The van der Waals surface area contributed by atoms with Crippen LogP contribution in [0.15, 0.2) is 24.5 Å². The monoisotopic (exact) mass is 203 g/mol. The molecule has 0 aromatic carbocycles. The Morgan fingerprint density at radius 1 is 1.47 bits per heavy atom. The molecule has 0 saturated heterocycles. The van der Waals surface area contributed by atoms with Gasteiger partial charge in [-0.3, -0.25) is 15.1 Å². The Hall–Kier alpha value is -1.86. The van der Waals surface area contributed by atoms with E-state index in [1.165, 1.54) is 0 Å². The summed E-state index contributed by atoms with van der Waals surface area (Å²) in [5.74, 6) is 2.33. The molecular formula is C11H13N3O. The Kier molecular flexibility index (Phi) is 4.91. The van der Waals surface area contributed by atoms with Gasteiger partial charge in [0.25, 0.3) is 0 Å². The van der Waals surface area contributed by atoms with Gasteiger partial charge in [0.05, 0.1) is 13.1 Å². The van der Waals surface area contributed by atoms with Crippen molar-refractivity contribution in [2.24, 2.45) is 0 Å². The average molecular weight is 203 g/mol. The second-order valence-corrected chi connectivity index (χ2v) is 2.94. The zero-order chi connectivity index (χ0) is 10.9. The Bertz CT molecular complexity index is 343. The topological polar surface area (TPSA) is 54.0 Å². The molecule has 1 aromatic rings. The number of nitrogens with one attached hydrogen (secondary N) is 2. The number of carbonyl (C=O) groups is 1. The van der Waals surface area contributed by atoms with Crippen LogP contribution in [0.25, 0.3) is 0 Å². The molecule has 0 aliphatic heterocycles. The van der Waals surface area contributed by atoms with Crippen LogP contribution in [0.2, 0.25) is 0 Å². The predicted octanol–water partition coefficient (Wildman–Crippen LogP) is -0.0794. The van der Waals surface area contributed by atoms with E-state index in [0.717, 1.165) is 5.56 Å². The number of nitrogens with zero attached hydrogens (tertiary/aromatic N) is 1. The molecule has 2 N–H and O–H groups in total. The Balaban J connectivity index is 2.20. The molecule has 0 aliphatic carbocycles. The molecule has 0 bridgehead atoms. The molecule has 0 atom stereocenters. The number of terminal acetylenes is 1. The second kappa shape index (κ2) is 6.57. The zero-order valence-corrected chi connectivity index (χ0v) is 8.36. The van der Waals surface area contributed by atoms with E-state index < -0.39 is 0 Å². The molecule has 0 fully saturated rings. The highest BCUT2D eigenvalue weighted by Gasteiger charge is 1.99. The summed E-state index contributed by atoms with van der Waals surface area (Å²) in [5.41, 5.74) is 1.02. The first-order chi connectivity index (χ1) is 7.33. The fourth-order valence-electron chi connectivity index (χ4n) is 1.01. The van der Waals surface area contributed by atoms with E-state index in [-0.39, 0.29) is 12.5 Å². The van der Waals surface area contributed by atoms with E-state index >= 15 is 0 Å². The lowest BCUT2D eigenvalue weighted by atomic mass is 10.3. The fourth-order valence-corrected chi connectivity index (χ4v) is 1.01. The maximum atomic E-state index is 11.2. The van der Waals surface area contributed by atoms with Crippen molar-refractivity contribution < 1.29 is 4.79 Å². The molecule has 4 nitrogen and oxygen atoms in total. The number of pyridine rings is 1. The molecule has 4 heteroatoms. The van der Waals surface area contributed by atoms with Crippen LogP contribution in [0.1, 0.15) is 5.56 Å². The minimum Gasteiger partial charge on any atom is -0.351 e. The van der Waals surface area contributed by atoms with Crippen LogP contribution in [0.5, 0.6) is 0 Å². The van der Waals surface area contributed by atoms with Crippen molar-refractivity contribution in [1.82, 2.24) is 15.6 Å². The first-order valence-corrected chi connectivity index (χ1v) is 4.62. The highest BCUT2D eigenvalue weighted by Crippen LogP contribution is 1.94. The Morgan fingerprint density at radius 2 is 2.20 bits per heavy atom. The van der Waals surface area contributed by atoms with Crippen LogP contribution in [0, 0.1) is 12.3 Å². The van der Waals surface area contributed by atoms with Crippen LogP contribution in [0.3, 0.4) is 0 Å². The van der Waals surface area contributed by atoms with Crippen molar-refractivity contribution in [3.63, 3.8) is 0 Å². The van der Waals surface area contributed by atoms with Gasteiger partial charge in [0.15, 0.2) is 0 Å². The van der Waals surface area contributed by atoms with Gasteiger partial charge < -0.3 is 5.32 Å². The summed E-state index contributed by atoms with van der Waals surface area (Å²) in [6.07, 6.45) is 8.41. The van der Waals surface area contributed by atoms with Crippen molar-refractivity contribution in [2.45, 2.75) is 6.54 Å². The third-order valence-electron chi connectivity index (χ3n) is 1.75. The molecule has 15 heavy (non-hydrogen) atoms. The highest BCUT2D eigenvalue weighted by atomic mass is 16.1. The molecule has 0 aliphatic rings. The number of amides is 1. The molecule has 1 amide bonds. The third kappa shape index (κ3) is 4.79. The van der Waals surface area contributed by atoms with Gasteiger partial charge in [-0.15, -0.1) is 6.42 Å². The van der Waals surface area contributed by atoms with Gasteiger partial charge in [-0.05, 0) is 17.7 Å². The zero-order valence-electron chi connectivity index (χ0n) is 8.36. The largest absolute Gasteiger partial charge is 0.351 e. The number of hydrogen-bond donors (Lipinski definition) is 2. The van der Waals surface area contributed by atoms with Gasteiger partial charge in [-0.25, -0.2) is 0 Å². The van der Waals surface area contributed by atoms with Crippen molar-refractivity contribution in [1.29, 1.82) is 0 Å². The van der Waals surface area contributed by atoms with Crippen molar-refractivity contribution >= 4 is 5.91 Å². The lowest BCUT2D eigenvalue weighted by Crippen LogP contribution is -2.33. The van der Waals surface area contributed by atoms with Gasteiger partial charge in [-0.1, -0.05) is 5.92 Å². The molecule has 78 valence electrons. The first-order valence-electron chi connectivity index (χ1n) is 4.62. The predicted molar refractivity (Wildman–Crippen MR) is 57.8 cm³/mol. The average Bonchev–Trinajstić information content (AvgIpc) is 2.28. The minimum absolute atomic E-state index is 0.0675. The van der Waals surface area contributed by atoms with Gasteiger partial charge >= 0.3 is 0 Å². The summed E-state index contributed by atoms with van der Waals surface area (Å²) in [4.78, 5) is 15.1. The molecular weight excluding hydrogens is 190 g/mol. The summed E-state index contributed by atoms with van der Waals surface area (Å²) >= 11 is 0. The smallest absolute Gasteiger partial charge is 0.234 e. The second-order valence-electron chi connectivity index (χ2n) is 2.94. The van der Waals surface area contributed by atoms with Crippen LogP contribution in [0.4, 0.5) is 0 Å². The summed E-state index contributed by atoms with van der Waals surface area (Å²) in [5, 5.41) is 5.57. The first kappa shape index (κ1) is 11.2. The molecule has 0 radical (unpaired) electrons. The van der Waals surface area contributed by atoms with Crippen molar-refractivity contribution in [2.75, 3.05) is 13.1 Å². The van der Waals surface area contributed by atoms with Gasteiger partial charge in [0.2, 0.25) is 5.91 Å². The molecule has 1 heterocycles. The summed E-state index contributed by atoms with van der Waals surface area (Å²) < 4.78 is 0. The third-order valence-corrected chi connectivity index (χ3v) is 1.75. The molecule has 1 aromatic heterocycles. The summed E-state index contributed by atoms with van der Waals surface area (Å²) in [7, 11) is 0. The van der Waals surface area contributed by atoms with E-state index in [0.29, 0.717) is 13.1 Å². The standard InChI is InChI=1S/C11H13N3O/c1-2-5-13-9-11(15)14-8-10-3-6-12-7-4-10/h1,3-4,6-7,13H,5,8-9H2,(H,14,15). The van der Waals surface area contributed by atoms with E-state index in [9.17, 15) is 4.79 Å². The maximum Gasteiger partial charge on any atom is 0.234 e. The number of hydrogen-bond acceptors (Lipinski definition) is 3. The van der Waals surface area contributed by atoms with Crippen molar-refractivity contribution in [3.8, 4) is 12.3 Å². The van der Waals surface area contributed by atoms with E-state index in [2.05, 4.69) is 21.5 Å². The van der Waals surface area contributed by atoms with Crippen molar-refractivity contribution in [3.05, 3.63) is 30.1 Å². The fraction of sp³-hybridized carbons (Fsp3) is 0.273. The highest BCUT2D eigenvalue weighted by molar-refractivity contribution is 5.77. The quantitative estimate of drug-likeness (QED) is 0.520. The summed E-state index contributed by atoms with van der Waals surface area (Å²) in [6, 6.07) is 3.71. The Morgan fingerprint density at radius 3 is 2.87 bits per heavy atom. The van der Waals surface area contributed by atoms with E-state index in [1.807, 2.05) is 12.1 Å².